The molecular weight excluding hydrogens is 264 g/mol. The molecule has 0 aliphatic carbocycles. The second kappa shape index (κ2) is 5.64. The summed E-state index contributed by atoms with van der Waals surface area (Å²) in [6.45, 7) is 0.699. The molecule has 8 heteroatoms. The van der Waals surface area contributed by atoms with E-state index < -0.39 is 11.9 Å². The summed E-state index contributed by atoms with van der Waals surface area (Å²) in [4.78, 5) is 43.2. The maximum atomic E-state index is 12.2. The minimum atomic E-state index is -1.30. The number of likely N-dealkylation sites (tertiary alicyclic amines) is 1. The number of carboxylic acid groups (broad SMARTS) is 1. The molecule has 1 saturated heterocycles. The van der Waals surface area contributed by atoms with Gasteiger partial charge >= 0.3 is 5.97 Å². The quantitative estimate of drug-likeness (QED) is 0.768. The summed E-state index contributed by atoms with van der Waals surface area (Å²) in [6.07, 6.45) is 3.45. The third kappa shape index (κ3) is 2.73. The zero-order valence-corrected chi connectivity index (χ0v) is 10.7. The first kappa shape index (κ1) is 13.9. The highest BCUT2D eigenvalue weighted by molar-refractivity contribution is 6.02. The van der Waals surface area contributed by atoms with Crippen LogP contribution in [0.15, 0.2) is 12.4 Å². The number of rotatable bonds is 3. The molecule has 1 aromatic heterocycles. The Labute approximate surface area is 114 Å². The standard InChI is InChI=1S/C12H14N4O4/c13-10(17)7-1-5-16(6-2-7)11(18)8-9(12(19)20)15-4-3-14-8/h3-4,7H,1-2,5-6H2,(H2,13,17)(H,19,20). The summed E-state index contributed by atoms with van der Waals surface area (Å²) in [5.41, 5.74) is 4.67. The lowest BCUT2D eigenvalue weighted by molar-refractivity contribution is -0.123. The molecule has 0 unspecified atom stereocenters. The van der Waals surface area contributed by atoms with E-state index in [1.54, 1.807) is 0 Å². The van der Waals surface area contributed by atoms with Crippen LogP contribution in [0.25, 0.3) is 0 Å². The van der Waals surface area contributed by atoms with Crippen molar-refractivity contribution in [1.82, 2.24) is 14.9 Å². The molecule has 0 radical (unpaired) electrons. The molecule has 8 nitrogen and oxygen atoms in total. The summed E-state index contributed by atoms with van der Waals surface area (Å²) < 4.78 is 0. The van der Waals surface area contributed by atoms with E-state index in [9.17, 15) is 14.4 Å². The minimum Gasteiger partial charge on any atom is -0.476 e. The molecule has 0 atom stereocenters. The van der Waals surface area contributed by atoms with Crippen molar-refractivity contribution in [2.75, 3.05) is 13.1 Å². The number of carbonyl (C=O) groups excluding carboxylic acids is 2. The zero-order valence-electron chi connectivity index (χ0n) is 10.7. The van der Waals surface area contributed by atoms with E-state index in [0.29, 0.717) is 25.9 Å². The predicted octanol–water partition coefficient (Wildman–Crippen LogP) is -0.488. The van der Waals surface area contributed by atoms with Gasteiger partial charge in [-0.25, -0.2) is 14.8 Å². The van der Waals surface area contributed by atoms with Crippen molar-refractivity contribution in [2.45, 2.75) is 12.8 Å². The Morgan fingerprint density at radius 2 is 1.70 bits per heavy atom. The number of nitrogens with two attached hydrogens (primary N) is 1. The summed E-state index contributed by atoms with van der Waals surface area (Å²) in [5, 5.41) is 8.99. The SMILES string of the molecule is NC(=O)C1CCN(C(=O)c2nccnc2C(=O)O)CC1. The van der Waals surface area contributed by atoms with Crippen LogP contribution in [0.2, 0.25) is 0 Å². The van der Waals surface area contributed by atoms with Gasteiger partial charge < -0.3 is 15.7 Å². The molecule has 1 aliphatic rings. The van der Waals surface area contributed by atoms with Gasteiger partial charge in [-0.1, -0.05) is 0 Å². The highest BCUT2D eigenvalue weighted by atomic mass is 16.4. The number of hydrogen-bond donors (Lipinski definition) is 2. The van der Waals surface area contributed by atoms with Crippen LogP contribution in [-0.4, -0.2) is 50.8 Å². The number of piperidine rings is 1. The van der Waals surface area contributed by atoms with Gasteiger partial charge in [0.05, 0.1) is 0 Å². The summed E-state index contributed by atoms with van der Waals surface area (Å²) in [7, 11) is 0. The number of carbonyl (C=O) groups is 3. The van der Waals surface area contributed by atoms with Crippen LogP contribution < -0.4 is 5.73 Å². The van der Waals surface area contributed by atoms with Crippen LogP contribution in [-0.2, 0) is 4.79 Å². The molecule has 106 valence electrons. The van der Waals surface area contributed by atoms with Crippen molar-refractivity contribution in [1.29, 1.82) is 0 Å². The lowest BCUT2D eigenvalue weighted by Crippen LogP contribution is -2.42. The molecular formula is C12H14N4O4. The van der Waals surface area contributed by atoms with Gasteiger partial charge in [0, 0.05) is 31.4 Å². The van der Waals surface area contributed by atoms with Crippen LogP contribution in [0.3, 0.4) is 0 Å². The molecule has 0 bridgehead atoms. The Morgan fingerprint density at radius 3 is 2.20 bits per heavy atom. The molecule has 3 N–H and O–H groups in total. The predicted molar refractivity (Wildman–Crippen MR) is 66.8 cm³/mol. The largest absolute Gasteiger partial charge is 0.476 e. The number of aromatic carboxylic acids is 1. The van der Waals surface area contributed by atoms with Crippen molar-refractivity contribution >= 4 is 17.8 Å². The first-order chi connectivity index (χ1) is 9.50. The first-order valence-electron chi connectivity index (χ1n) is 6.13. The molecule has 0 aromatic carbocycles. The fourth-order valence-electron chi connectivity index (χ4n) is 2.17. The van der Waals surface area contributed by atoms with Crippen LogP contribution >= 0.6 is 0 Å². The second-order valence-electron chi connectivity index (χ2n) is 4.53. The first-order valence-corrected chi connectivity index (χ1v) is 6.13. The molecule has 20 heavy (non-hydrogen) atoms. The van der Waals surface area contributed by atoms with Gasteiger partial charge in [0.15, 0.2) is 11.4 Å². The summed E-state index contributed by atoms with van der Waals surface area (Å²) in [6, 6.07) is 0. The monoisotopic (exact) mass is 278 g/mol. The summed E-state index contributed by atoms with van der Waals surface area (Å²) >= 11 is 0. The Balaban J connectivity index is 2.13. The molecule has 0 saturated carbocycles. The molecule has 2 rings (SSSR count). The number of aromatic nitrogens is 2. The molecule has 0 spiro atoms. The second-order valence-corrected chi connectivity index (χ2v) is 4.53. The number of hydrogen-bond acceptors (Lipinski definition) is 5. The van der Waals surface area contributed by atoms with Crippen molar-refractivity contribution in [3.05, 3.63) is 23.8 Å². The third-order valence-electron chi connectivity index (χ3n) is 3.29. The Morgan fingerprint density at radius 1 is 1.15 bits per heavy atom. The van der Waals surface area contributed by atoms with Gasteiger partial charge in [-0.05, 0) is 12.8 Å². The topological polar surface area (TPSA) is 126 Å². The van der Waals surface area contributed by atoms with Crippen molar-refractivity contribution < 1.29 is 19.5 Å². The zero-order chi connectivity index (χ0) is 14.7. The number of amides is 2. The van der Waals surface area contributed by atoms with Gasteiger partial charge in [0.25, 0.3) is 5.91 Å². The average molecular weight is 278 g/mol. The van der Waals surface area contributed by atoms with Crippen LogP contribution in [0, 0.1) is 5.92 Å². The fourth-order valence-corrected chi connectivity index (χ4v) is 2.17. The van der Waals surface area contributed by atoms with E-state index in [0.717, 1.165) is 0 Å². The Bertz CT molecular complexity index is 552. The summed E-state index contributed by atoms with van der Waals surface area (Å²) in [5.74, 6) is -2.39. The van der Waals surface area contributed by atoms with Gasteiger partial charge in [-0.2, -0.15) is 0 Å². The third-order valence-corrected chi connectivity index (χ3v) is 3.29. The van der Waals surface area contributed by atoms with Crippen molar-refractivity contribution in [3.8, 4) is 0 Å². The smallest absolute Gasteiger partial charge is 0.356 e. The molecule has 1 aromatic rings. The number of primary amides is 1. The van der Waals surface area contributed by atoms with Crippen LogP contribution in [0.1, 0.15) is 33.8 Å². The minimum absolute atomic E-state index is 0.183. The Hall–Kier alpha value is -2.51. The Kier molecular flexibility index (Phi) is 3.92. The van der Waals surface area contributed by atoms with Crippen LogP contribution in [0.4, 0.5) is 0 Å². The van der Waals surface area contributed by atoms with Crippen molar-refractivity contribution in [3.63, 3.8) is 0 Å². The highest BCUT2D eigenvalue weighted by Crippen LogP contribution is 2.18. The van der Waals surface area contributed by atoms with E-state index in [2.05, 4.69) is 9.97 Å². The molecule has 2 amide bonds. The maximum absolute atomic E-state index is 12.2. The lowest BCUT2D eigenvalue weighted by atomic mass is 9.96. The van der Waals surface area contributed by atoms with Gasteiger partial charge in [0.1, 0.15) is 0 Å². The van der Waals surface area contributed by atoms with E-state index in [-0.39, 0.29) is 23.2 Å². The highest BCUT2D eigenvalue weighted by Gasteiger charge is 2.29. The van der Waals surface area contributed by atoms with Gasteiger partial charge in [-0.3, -0.25) is 9.59 Å². The molecule has 1 fully saturated rings. The van der Waals surface area contributed by atoms with Crippen LogP contribution in [0.5, 0.6) is 0 Å². The van der Waals surface area contributed by atoms with E-state index >= 15 is 0 Å². The number of nitrogens with zero attached hydrogens (tertiary/aromatic N) is 3. The van der Waals surface area contributed by atoms with E-state index in [4.69, 9.17) is 10.8 Å². The lowest BCUT2D eigenvalue weighted by Gasteiger charge is -2.30. The van der Waals surface area contributed by atoms with E-state index in [1.807, 2.05) is 0 Å². The fraction of sp³-hybridized carbons (Fsp3) is 0.417. The molecule has 2 heterocycles. The molecule has 1 aliphatic heterocycles. The van der Waals surface area contributed by atoms with Crippen molar-refractivity contribution in [2.24, 2.45) is 11.7 Å². The van der Waals surface area contributed by atoms with Gasteiger partial charge in [0.2, 0.25) is 5.91 Å². The van der Waals surface area contributed by atoms with Gasteiger partial charge in [-0.15, -0.1) is 0 Å². The average Bonchev–Trinajstić information content (AvgIpc) is 2.46. The van der Waals surface area contributed by atoms with E-state index in [1.165, 1.54) is 17.3 Å². The number of carboxylic acids is 1. The maximum Gasteiger partial charge on any atom is 0.356 e. The normalized spacial score (nSPS) is 15.9.